The molecule has 0 fully saturated rings. The Hall–Kier alpha value is -1.75. The Morgan fingerprint density at radius 3 is 2.93 bits per heavy atom. The van der Waals surface area contributed by atoms with Gasteiger partial charge in [0.25, 0.3) is 5.91 Å². The van der Waals surface area contributed by atoms with Crippen molar-refractivity contribution in [2.24, 2.45) is 4.99 Å². The summed E-state index contributed by atoms with van der Waals surface area (Å²) in [5.41, 5.74) is 0.890. The summed E-state index contributed by atoms with van der Waals surface area (Å²) in [6, 6.07) is 7.74. The smallest absolute Gasteiger partial charge is 0.296 e. The van der Waals surface area contributed by atoms with Crippen LogP contribution in [-0.4, -0.2) is 17.3 Å². The third-order valence-corrected chi connectivity index (χ3v) is 3.22. The standard InChI is InChI=1S/C10H6N2O2S/c13-9-8(14-5-11-9)10-12-6-3-1-2-4-7(6)15-10/h1-5,8H. The second kappa shape index (κ2) is 3.13. The summed E-state index contributed by atoms with van der Waals surface area (Å²) < 4.78 is 6.14. The minimum Gasteiger partial charge on any atom is -0.463 e. The maximum absolute atomic E-state index is 11.3. The van der Waals surface area contributed by atoms with E-state index in [0.29, 0.717) is 5.01 Å². The molecule has 5 heteroatoms. The van der Waals surface area contributed by atoms with Gasteiger partial charge in [-0.3, -0.25) is 4.79 Å². The van der Waals surface area contributed by atoms with Gasteiger partial charge in [-0.2, -0.15) is 4.99 Å². The van der Waals surface area contributed by atoms with Gasteiger partial charge in [0.1, 0.15) is 5.01 Å². The predicted octanol–water partition coefficient (Wildman–Crippen LogP) is 1.92. The summed E-state index contributed by atoms with van der Waals surface area (Å²) in [7, 11) is 0. The molecule has 1 aliphatic rings. The molecule has 3 rings (SSSR count). The van der Waals surface area contributed by atoms with E-state index in [1.54, 1.807) is 0 Å². The Kier molecular flexibility index (Phi) is 1.78. The molecule has 1 aromatic carbocycles. The number of carbonyl (C=O) groups excluding carboxylic acids is 1. The molecule has 1 aromatic heterocycles. The Labute approximate surface area is 89.2 Å². The molecule has 0 radical (unpaired) electrons. The quantitative estimate of drug-likeness (QED) is 0.734. The zero-order valence-electron chi connectivity index (χ0n) is 7.58. The number of para-hydroxylation sites is 1. The number of hydrogen-bond acceptors (Lipinski definition) is 4. The van der Waals surface area contributed by atoms with Crippen LogP contribution in [0.3, 0.4) is 0 Å². The minimum absolute atomic E-state index is 0.283. The van der Waals surface area contributed by atoms with Crippen molar-refractivity contribution in [3.63, 3.8) is 0 Å². The van der Waals surface area contributed by atoms with Crippen molar-refractivity contribution in [1.82, 2.24) is 4.98 Å². The average Bonchev–Trinajstić information content (AvgIpc) is 2.82. The molecule has 74 valence electrons. The molecule has 4 nitrogen and oxygen atoms in total. The van der Waals surface area contributed by atoms with E-state index in [2.05, 4.69) is 9.98 Å². The van der Waals surface area contributed by atoms with E-state index in [9.17, 15) is 4.79 Å². The number of ether oxygens (including phenoxy) is 1. The van der Waals surface area contributed by atoms with E-state index in [4.69, 9.17) is 4.74 Å². The van der Waals surface area contributed by atoms with Gasteiger partial charge in [0.2, 0.25) is 6.10 Å². The first-order valence-corrected chi connectivity index (χ1v) is 5.23. The molecule has 0 aliphatic carbocycles. The molecule has 0 spiro atoms. The third kappa shape index (κ3) is 1.32. The van der Waals surface area contributed by atoms with E-state index >= 15 is 0 Å². The summed E-state index contributed by atoms with van der Waals surface area (Å²) in [4.78, 5) is 19.2. The Morgan fingerprint density at radius 2 is 2.20 bits per heavy atom. The van der Waals surface area contributed by atoms with Gasteiger partial charge in [0, 0.05) is 0 Å². The fourth-order valence-electron chi connectivity index (χ4n) is 1.44. The van der Waals surface area contributed by atoms with E-state index in [1.807, 2.05) is 24.3 Å². The van der Waals surface area contributed by atoms with E-state index in [-0.39, 0.29) is 5.91 Å². The van der Waals surface area contributed by atoms with Gasteiger partial charge in [0.15, 0.2) is 6.40 Å². The van der Waals surface area contributed by atoms with Crippen LogP contribution in [0.2, 0.25) is 0 Å². The highest BCUT2D eigenvalue weighted by Gasteiger charge is 2.28. The number of nitrogens with zero attached hydrogens (tertiary/aromatic N) is 2. The van der Waals surface area contributed by atoms with E-state index in [0.717, 1.165) is 10.2 Å². The molecule has 0 saturated carbocycles. The van der Waals surface area contributed by atoms with Crippen molar-refractivity contribution in [3.8, 4) is 0 Å². The highest BCUT2D eigenvalue weighted by molar-refractivity contribution is 7.18. The number of aliphatic imine (C=N–C) groups is 1. The van der Waals surface area contributed by atoms with Crippen LogP contribution in [0.25, 0.3) is 10.2 Å². The first kappa shape index (κ1) is 8.55. The largest absolute Gasteiger partial charge is 0.463 e. The molecule has 2 heterocycles. The van der Waals surface area contributed by atoms with Crippen LogP contribution in [0, 0.1) is 0 Å². The SMILES string of the molecule is O=C1N=COC1c1nc2ccccc2s1. The first-order chi connectivity index (χ1) is 7.34. The van der Waals surface area contributed by atoms with Gasteiger partial charge in [-0.1, -0.05) is 12.1 Å². The lowest BCUT2D eigenvalue weighted by molar-refractivity contribution is -0.122. The van der Waals surface area contributed by atoms with Crippen LogP contribution in [0.1, 0.15) is 11.1 Å². The van der Waals surface area contributed by atoms with Gasteiger partial charge in [-0.25, -0.2) is 4.98 Å². The minimum atomic E-state index is -0.637. The fourth-order valence-corrected chi connectivity index (χ4v) is 2.43. The Morgan fingerprint density at radius 1 is 1.33 bits per heavy atom. The highest BCUT2D eigenvalue weighted by Crippen LogP contribution is 2.30. The molecule has 0 saturated heterocycles. The van der Waals surface area contributed by atoms with Crippen molar-refractivity contribution in [2.45, 2.75) is 6.10 Å². The lowest BCUT2D eigenvalue weighted by Gasteiger charge is -2.00. The van der Waals surface area contributed by atoms with Crippen LogP contribution in [-0.2, 0) is 9.53 Å². The van der Waals surface area contributed by atoms with Gasteiger partial charge in [0.05, 0.1) is 10.2 Å². The van der Waals surface area contributed by atoms with Gasteiger partial charge < -0.3 is 4.74 Å². The lowest BCUT2D eigenvalue weighted by Crippen LogP contribution is -2.05. The number of hydrogen-bond donors (Lipinski definition) is 0. The molecular weight excluding hydrogens is 212 g/mol. The molecule has 0 N–H and O–H groups in total. The van der Waals surface area contributed by atoms with Crippen LogP contribution in [0.15, 0.2) is 29.3 Å². The second-order valence-corrected chi connectivity index (χ2v) is 4.17. The van der Waals surface area contributed by atoms with Gasteiger partial charge in [-0.05, 0) is 12.1 Å². The number of carbonyl (C=O) groups is 1. The molecule has 1 amide bonds. The number of benzene rings is 1. The van der Waals surface area contributed by atoms with Crippen molar-refractivity contribution in [3.05, 3.63) is 29.3 Å². The van der Waals surface area contributed by atoms with Gasteiger partial charge in [-0.15, -0.1) is 11.3 Å². The topological polar surface area (TPSA) is 51.5 Å². The molecule has 1 atom stereocenters. The summed E-state index contributed by atoms with van der Waals surface area (Å²) in [5.74, 6) is -0.283. The lowest BCUT2D eigenvalue weighted by atomic mass is 10.3. The maximum Gasteiger partial charge on any atom is 0.296 e. The number of thiazole rings is 1. The summed E-state index contributed by atoms with van der Waals surface area (Å²) in [5, 5.41) is 0.665. The average molecular weight is 218 g/mol. The third-order valence-electron chi connectivity index (χ3n) is 2.14. The maximum atomic E-state index is 11.3. The first-order valence-electron chi connectivity index (χ1n) is 4.42. The normalized spacial score (nSPS) is 19.7. The number of rotatable bonds is 1. The molecule has 1 unspecified atom stereocenters. The monoisotopic (exact) mass is 218 g/mol. The molecular formula is C10H6N2O2S. The fraction of sp³-hybridized carbons (Fsp3) is 0.100. The van der Waals surface area contributed by atoms with Crippen LogP contribution < -0.4 is 0 Å². The van der Waals surface area contributed by atoms with E-state index in [1.165, 1.54) is 17.7 Å². The van der Waals surface area contributed by atoms with Crippen molar-refractivity contribution < 1.29 is 9.53 Å². The molecule has 1 aliphatic heterocycles. The zero-order valence-corrected chi connectivity index (χ0v) is 8.40. The Bertz CT molecular complexity index is 528. The predicted molar refractivity (Wildman–Crippen MR) is 56.9 cm³/mol. The van der Waals surface area contributed by atoms with Crippen LogP contribution in [0.4, 0.5) is 0 Å². The molecule has 15 heavy (non-hydrogen) atoms. The number of fused-ring (bicyclic) bond motifs is 1. The summed E-state index contributed by atoms with van der Waals surface area (Å²) in [6.07, 6.45) is 0.543. The van der Waals surface area contributed by atoms with Crippen LogP contribution in [0.5, 0.6) is 0 Å². The van der Waals surface area contributed by atoms with Crippen molar-refractivity contribution >= 4 is 33.9 Å². The number of aromatic nitrogens is 1. The van der Waals surface area contributed by atoms with Crippen LogP contribution >= 0.6 is 11.3 Å². The second-order valence-electron chi connectivity index (χ2n) is 3.11. The zero-order chi connectivity index (χ0) is 10.3. The van der Waals surface area contributed by atoms with E-state index < -0.39 is 6.10 Å². The van der Waals surface area contributed by atoms with Crippen molar-refractivity contribution in [1.29, 1.82) is 0 Å². The molecule has 2 aromatic rings. The molecule has 0 bridgehead atoms. The highest BCUT2D eigenvalue weighted by atomic mass is 32.1. The summed E-state index contributed by atoms with van der Waals surface area (Å²) in [6.45, 7) is 0. The van der Waals surface area contributed by atoms with Gasteiger partial charge >= 0.3 is 0 Å². The number of amides is 1. The Balaban J connectivity index is 2.08. The summed E-state index contributed by atoms with van der Waals surface area (Å²) >= 11 is 1.46. The van der Waals surface area contributed by atoms with Crippen molar-refractivity contribution in [2.75, 3.05) is 0 Å².